The van der Waals surface area contributed by atoms with Crippen LogP contribution in [0.1, 0.15) is 51.0 Å². The quantitative estimate of drug-likeness (QED) is 0.345. The fourth-order valence-corrected chi connectivity index (χ4v) is 4.22. The molecule has 1 rings (SSSR count). The fraction of sp³-hybridized carbons (Fsp3) is 0.579. The molecule has 0 unspecified atom stereocenters. The van der Waals surface area contributed by atoms with Crippen molar-refractivity contribution < 1.29 is 4.43 Å². The molecule has 0 radical (unpaired) electrons. The Morgan fingerprint density at radius 3 is 2.33 bits per heavy atom. The standard InChI is InChI=1S/C19H32OSi/c1-4-5-6-7-8-12-18-21(2,3)20-17-13-16-19-14-10-9-11-15-19/h9-11,13-16H,4-8,12,17-18H2,1-3H3/b16-13+. The summed E-state index contributed by atoms with van der Waals surface area (Å²) in [5, 5.41) is 0. The summed E-state index contributed by atoms with van der Waals surface area (Å²) in [7, 11) is -1.46. The summed E-state index contributed by atoms with van der Waals surface area (Å²) >= 11 is 0. The monoisotopic (exact) mass is 304 g/mol. The predicted molar refractivity (Wildman–Crippen MR) is 97.1 cm³/mol. The van der Waals surface area contributed by atoms with Gasteiger partial charge < -0.3 is 4.43 Å². The number of hydrogen-bond acceptors (Lipinski definition) is 1. The van der Waals surface area contributed by atoms with Crippen LogP contribution in [0, 0.1) is 0 Å². The van der Waals surface area contributed by atoms with Crippen molar-refractivity contribution in [2.45, 2.75) is 64.6 Å². The second-order valence-corrected chi connectivity index (χ2v) is 10.7. The van der Waals surface area contributed by atoms with Crippen LogP contribution >= 0.6 is 0 Å². The predicted octanol–water partition coefficient (Wildman–Crippen LogP) is 6.28. The molecule has 0 atom stereocenters. The molecule has 0 bridgehead atoms. The average molecular weight is 305 g/mol. The Balaban J connectivity index is 2.13. The van der Waals surface area contributed by atoms with E-state index in [1.165, 1.54) is 50.1 Å². The van der Waals surface area contributed by atoms with Gasteiger partial charge in [-0.2, -0.15) is 0 Å². The highest BCUT2D eigenvalue weighted by Crippen LogP contribution is 2.17. The maximum absolute atomic E-state index is 6.13. The molecule has 0 amide bonds. The topological polar surface area (TPSA) is 9.23 Å². The molecule has 1 aromatic rings. The molecule has 0 saturated heterocycles. The van der Waals surface area contributed by atoms with Gasteiger partial charge >= 0.3 is 0 Å². The molecule has 2 heteroatoms. The third kappa shape index (κ3) is 9.65. The van der Waals surface area contributed by atoms with Crippen LogP contribution in [0.3, 0.4) is 0 Å². The molecule has 0 heterocycles. The Hall–Kier alpha value is -0.863. The van der Waals surface area contributed by atoms with E-state index in [-0.39, 0.29) is 0 Å². The van der Waals surface area contributed by atoms with Crippen LogP contribution < -0.4 is 0 Å². The van der Waals surface area contributed by atoms with Gasteiger partial charge in [-0.1, -0.05) is 87.9 Å². The molecule has 118 valence electrons. The Kier molecular flexibility index (Phi) is 9.36. The summed E-state index contributed by atoms with van der Waals surface area (Å²) in [6.07, 6.45) is 12.5. The third-order valence-electron chi connectivity index (χ3n) is 3.81. The van der Waals surface area contributed by atoms with Crippen LogP contribution in [0.4, 0.5) is 0 Å². The van der Waals surface area contributed by atoms with Gasteiger partial charge in [-0.3, -0.25) is 0 Å². The molecule has 0 spiro atoms. The minimum absolute atomic E-state index is 0.754. The minimum Gasteiger partial charge on any atom is -0.414 e. The normalized spacial score (nSPS) is 12.1. The first kappa shape index (κ1) is 18.2. The second-order valence-electron chi connectivity index (χ2n) is 6.40. The first-order chi connectivity index (χ1) is 10.1. The van der Waals surface area contributed by atoms with E-state index in [1.807, 2.05) is 6.07 Å². The van der Waals surface area contributed by atoms with E-state index in [4.69, 9.17) is 4.43 Å². The van der Waals surface area contributed by atoms with Gasteiger partial charge in [-0.15, -0.1) is 0 Å². The van der Waals surface area contributed by atoms with Crippen LogP contribution in [-0.2, 0) is 4.43 Å². The molecule has 0 N–H and O–H groups in total. The Bertz CT molecular complexity index is 384. The molecule has 0 aromatic heterocycles. The summed E-state index contributed by atoms with van der Waals surface area (Å²) in [5.41, 5.74) is 1.25. The van der Waals surface area contributed by atoms with Gasteiger partial charge in [0.2, 0.25) is 0 Å². The average Bonchev–Trinajstić information content (AvgIpc) is 2.48. The van der Waals surface area contributed by atoms with Crippen LogP contribution in [0.15, 0.2) is 36.4 Å². The Morgan fingerprint density at radius 2 is 1.62 bits per heavy atom. The fourth-order valence-electron chi connectivity index (χ4n) is 2.43. The molecule has 1 nitrogen and oxygen atoms in total. The third-order valence-corrected chi connectivity index (χ3v) is 6.32. The molecule has 0 saturated carbocycles. The SMILES string of the molecule is CCCCCCCC[Si](C)(C)OC/C=C/c1ccccc1. The number of benzene rings is 1. The van der Waals surface area contributed by atoms with E-state index in [2.05, 4.69) is 56.4 Å². The van der Waals surface area contributed by atoms with Crippen molar-refractivity contribution in [3.05, 3.63) is 42.0 Å². The minimum atomic E-state index is -1.46. The van der Waals surface area contributed by atoms with Gasteiger partial charge in [0.05, 0.1) is 6.61 Å². The lowest BCUT2D eigenvalue weighted by atomic mass is 10.1. The summed E-state index contributed by atoms with van der Waals surface area (Å²) in [6, 6.07) is 11.7. The summed E-state index contributed by atoms with van der Waals surface area (Å²) in [6.45, 7) is 7.71. The van der Waals surface area contributed by atoms with Gasteiger partial charge in [0.25, 0.3) is 0 Å². The van der Waals surface area contributed by atoms with Crippen LogP contribution in [0.2, 0.25) is 19.1 Å². The van der Waals surface area contributed by atoms with E-state index in [0.29, 0.717) is 0 Å². The first-order valence-corrected chi connectivity index (χ1v) is 11.6. The molecule has 0 aliphatic heterocycles. The van der Waals surface area contributed by atoms with E-state index >= 15 is 0 Å². The largest absolute Gasteiger partial charge is 0.414 e. The van der Waals surface area contributed by atoms with Crippen molar-refractivity contribution in [1.29, 1.82) is 0 Å². The van der Waals surface area contributed by atoms with E-state index in [0.717, 1.165) is 6.61 Å². The zero-order valence-electron chi connectivity index (χ0n) is 14.1. The van der Waals surface area contributed by atoms with Gasteiger partial charge in [0.15, 0.2) is 8.32 Å². The van der Waals surface area contributed by atoms with Crippen molar-refractivity contribution in [2.75, 3.05) is 6.61 Å². The molecular weight excluding hydrogens is 272 g/mol. The Morgan fingerprint density at radius 1 is 0.952 bits per heavy atom. The highest BCUT2D eigenvalue weighted by molar-refractivity contribution is 6.71. The first-order valence-electron chi connectivity index (χ1n) is 8.49. The lowest BCUT2D eigenvalue weighted by Crippen LogP contribution is -2.30. The molecule has 1 aromatic carbocycles. The van der Waals surface area contributed by atoms with Gasteiger partial charge in [-0.05, 0) is 24.7 Å². The molecule has 0 fully saturated rings. The van der Waals surface area contributed by atoms with Crippen molar-refractivity contribution >= 4 is 14.4 Å². The van der Waals surface area contributed by atoms with Crippen molar-refractivity contribution in [2.24, 2.45) is 0 Å². The summed E-state index contributed by atoms with van der Waals surface area (Å²) in [5.74, 6) is 0. The van der Waals surface area contributed by atoms with E-state index in [1.54, 1.807) is 0 Å². The number of hydrogen-bond donors (Lipinski definition) is 0. The number of rotatable bonds is 11. The molecule has 0 aliphatic rings. The molecule has 0 aliphatic carbocycles. The lowest BCUT2D eigenvalue weighted by Gasteiger charge is -2.21. The van der Waals surface area contributed by atoms with Crippen LogP contribution in [-0.4, -0.2) is 14.9 Å². The zero-order valence-corrected chi connectivity index (χ0v) is 15.1. The Labute approximate surface area is 132 Å². The zero-order chi connectivity index (χ0) is 15.4. The van der Waals surface area contributed by atoms with Gasteiger partial charge in [0.1, 0.15) is 0 Å². The van der Waals surface area contributed by atoms with E-state index < -0.39 is 8.32 Å². The maximum atomic E-state index is 6.13. The van der Waals surface area contributed by atoms with Crippen molar-refractivity contribution in [3.8, 4) is 0 Å². The van der Waals surface area contributed by atoms with Gasteiger partial charge in [0, 0.05) is 0 Å². The highest BCUT2D eigenvalue weighted by atomic mass is 28.4. The number of unbranched alkanes of at least 4 members (excludes halogenated alkanes) is 5. The smallest absolute Gasteiger partial charge is 0.187 e. The summed E-state index contributed by atoms with van der Waals surface area (Å²) < 4.78 is 6.13. The van der Waals surface area contributed by atoms with Crippen LogP contribution in [0.5, 0.6) is 0 Å². The van der Waals surface area contributed by atoms with Crippen molar-refractivity contribution in [1.82, 2.24) is 0 Å². The van der Waals surface area contributed by atoms with Crippen molar-refractivity contribution in [3.63, 3.8) is 0 Å². The summed E-state index contributed by atoms with van der Waals surface area (Å²) in [4.78, 5) is 0. The molecule has 21 heavy (non-hydrogen) atoms. The van der Waals surface area contributed by atoms with E-state index in [9.17, 15) is 0 Å². The lowest BCUT2D eigenvalue weighted by molar-refractivity contribution is 0.350. The van der Waals surface area contributed by atoms with Crippen LogP contribution in [0.25, 0.3) is 6.08 Å². The second kappa shape index (κ2) is 10.8. The molecular formula is C19H32OSi. The highest BCUT2D eigenvalue weighted by Gasteiger charge is 2.20. The maximum Gasteiger partial charge on any atom is 0.187 e. The van der Waals surface area contributed by atoms with Gasteiger partial charge in [-0.25, -0.2) is 0 Å².